The minimum atomic E-state index is -3.86. The number of aliphatic carboxylic acids is 1. The number of fused-ring (bicyclic) bond motifs is 1. The number of benzene rings is 1. The topological polar surface area (TPSA) is 168 Å². The molecule has 3 N–H and O–H groups in total. The molecule has 0 bridgehead atoms. The van der Waals surface area contributed by atoms with E-state index in [1.807, 2.05) is 24.3 Å². The quantitative estimate of drug-likeness (QED) is 0.198. The molecule has 3 aromatic rings. The summed E-state index contributed by atoms with van der Waals surface area (Å²) in [6.07, 6.45) is 6.57. The molecule has 2 aromatic heterocycles. The Bertz CT molecular complexity index is 1650. The first-order valence-corrected chi connectivity index (χ1v) is 15.5. The number of carboxylic acid groups (broad SMARTS) is 1. The maximum absolute atomic E-state index is 13.1. The molecule has 0 radical (unpaired) electrons. The van der Waals surface area contributed by atoms with Crippen molar-refractivity contribution in [3.05, 3.63) is 59.1 Å². The number of hydroxylamine groups is 1. The molecule has 0 unspecified atom stereocenters. The van der Waals surface area contributed by atoms with Gasteiger partial charge < -0.3 is 19.3 Å². The van der Waals surface area contributed by atoms with Crippen LogP contribution in [0, 0.1) is 0 Å². The minimum Gasteiger partial charge on any atom is -0.477 e. The molecule has 0 aliphatic heterocycles. The molecule has 1 aliphatic rings. The second-order valence-corrected chi connectivity index (χ2v) is 13.4. The van der Waals surface area contributed by atoms with Crippen LogP contribution in [-0.4, -0.2) is 88.2 Å². The van der Waals surface area contributed by atoms with Crippen LogP contribution >= 0.6 is 0 Å². The number of nitrogens with zero attached hydrogens (tertiary/aromatic N) is 3. The van der Waals surface area contributed by atoms with Crippen LogP contribution in [-0.2, 0) is 26.0 Å². The number of rotatable bonds is 12. The fraction of sp³-hybridized carbons (Fsp3) is 0.448. The maximum Gasteiger partial charge on any atom is 0.374 e. The van der Waals surface area contributed by atoms with Gasteiger partial charge in [0.05, 0.1) is 0 Å². The van der Waals surface area contributed by atoms with Crippen LogP contribution in [0.15, 0.2) is 53.6 Å². The molecule has 4 rings (SSSR count). The van der Waals surface area contributed by atoms with Crippen molar-refractivity contribution < 1.29 is 41.8 Å². The zero-order valence-corrected chi connectivity index (χ0v) is 25.6. The van der Waals surface area contributed by atoms with Crippen LogP contribution < -0.4 is 15.8 Å². The third kappa shape index (κ3) is 8.57. The number of halogens is 2. The number of carbonyl (C=O) groups excluding carboxylic acids is 1. The van der Waals surface area contributed by atoms with E-state index in [-0.39, 0.29) is 18.5 Å². The highest BCUT2D eigenvalue weighted by atomic mass is 32.2. The molecule has 1 aromatic carbocycles. The average Bonchev–Trinajstić information content (AvgIpc) is 3.81. The van der Waals surface area contributed by atoms with E-state index in [0.717, 1.165) is 29.3 Å². The van der Waals surface area contributed by atoms with Crippen LogP contribution in [0.5, 0.6) is 5.88 Å². The molecule has 1 saturated carbocycles. The van der Waals surface area contributed by atoms with E-state index in [2.05, 4.69) is 16.9 Å². The van der Waals surface area contributed by atoms with Crippen LogP contribution in [0.4, 0.5) is 8.78 Å². The molecule has 0 saturated heterocycles. The van der Waals surface area contributed by atoms with Gasteiger partial charge in [-0.25, -0.2) is 23.7 Å². The van der Waals surface area contributed by atoms with Gasteiger partial charge in [0.25, 0.3) is 11.5 Å². The third-order valence-corrected chi connectivity index (χ3v) is 9.54. The lowest BCUT2D eigenvalue weighted by Crippen LogP contribution is -2.49. The number of ether oxygens (including phenoxy) is 1. The van der Waals surface area contributed by atoms with Crippen molar-refractivity contribution in [3.8, 4) is 17.0 Å². The molecule has 240 valence electrons. The summed E-state index contributed by atoms with van der Waals surface area (Å²) in [6.45, 7) is 2.97. The summed E-state index contributed by atoms with van der Waals surface area (Å²) in [7, 11) is -1.75. The highest BCUT2D eigenvalue weighted by Gasteiger charge is 2.43. The predicted octanol–water partition coefficient (Wildman–Crippen LogP) is 2.96. The van der Waals surface area contributed by atoms with Gasteiger partial charge in [0.15, 0.2) is 14.6 Å². The standard InChI is InChI=1S/C26H32N4O6S.C3H4F2O2/c1-26(25(32)28-33,37(3,34)35)11-13-30-12-10-19-16-18(4-8-22(19)24(30)31)20-5-9-23(27-17-20)36-15-14-29(2)21-6-7-21;1-3(4,5)2(6)7/h4-5,8-10,12,16-17,21,33H,6-7,11,13-15H2,1-3H3,(H,28,32);1H3,(H,6,7)/t26-;/m1./s1. The molecule has 1 amide bonds. The lowest BCUT2D eigenvalue weighted by molar-refractivity contribution is -0.161. The number of hydrogen-bond acceptors (Lipinski definition) is 9. The molecular weight excluding hydrogens is 602 g/mol. The SMILES string of the molecule is CC(F)(F)C(=O)O.CN(CCOc1ccc(-c2ccc3c(=O)n(CC[C@](C)(C(=O)NO)S(C)(=O)=O)ccc3c2)cn1)C1CC1. The van der Waals surface area contributed by atoms with Gasteiger partial charge in [0, 0.05) is 61.7 Å². The summed E-state index contributed by atoms with van der Waals surface area (Å²) in [5.74, 6) is -6.15. The van der Waals surface area contributed by atoms with Crippen LogP contribution in [0.25, 0.3) is 21.9 Å². The second kappa shape index (κ2) is 13.8. The largest absolute Gasteiger partial charge is 0.477 e. The lowest BCUT2D eigenvalue weighted by atomic mass is 10.0. The number of sulfone groups is 1. The Hall–Kier alpha value is -3.95. The monoisotopic (exact) mass is 638 g/mol. The summed E-state index contributed by atoms with van der Waals surface area (Å²) in [6, 6.07) is 11.7. The highest BCUT2D eigenvalue weighted by molar-refractivity contribution is 7.92. The highest BCUT2D eigenvalue weighted by Crippen LogP contribution is 2.26. The van der Waals surface area contributed by atoms with Gasteiger partial charge in [0.2, 0.25) is 5.88 Å². The van der Waals surface area contributed by atoms with Crippen molar-refractivity contribution in [2.75, 3.05) is 26.5 Å². The normalized spacial score (nSPS) is 14.8. The first kappa shape index (κ1) is 34.5. The lowest BCUT2D eigenvalue weighted by Gasteiger charge is -2.25. The van der Waals surface area contributed by atoms with E-state index >= 15 is 0 Å². The summed E-state index contributed by atoms with van der Waals surface area (Å²) in [5, 5.41) is 17.7. The Morgan fingerprint density at radius 3 is 2.32 bits per heavy atom. The second-order valence-electron chi connectivity index (χ2n) is 10.9. The molecule has 12 nitrogen and oxygen atoms in total. The van der Waals surface area contributed by atoms with Crippen molar-refractivity contribution >= 4 is 32.5 Å². The Balaban J connectivity index is 0.000000676. The summed E-state index contributed by atoms with van der Waals surface area (Å²) in [5.41, 5.74) is 2.89. The van der Waals surface area contributed by atoms with Gasteiger partial charge >= 0.3 is 11.9 Å². The summed E-state index contributed by atoms with van der Waals surface area (Å²) < 4.78 is 52.1. The number of likely N-dealkylation sites (N-methyl/N-ethyl adjacent to an activating group) is 1. The van der Waals surface area contributed by atoms with Crippen molar-refractivity contribution in [3.63, 3.8) is 0 Å². The van der Waals surface area contributed by atoms with E-state index in [1.165, 1.54) is 29.8 Å². The number of carboxylic acids is 1. The van der Waals surface area contributed by atoms with Gasteiger partial charge in [-0.15, -0.1) is 0 Å². The first-order chi connectivity index (χ1) is 20.5. The molecule has 0 spiro atoms. The smallest absolute Gasteiger partial charge is 0.374 e. The summed E-state index contributed by atoms with van der Waals surface area (Å²) in [4.78, 5) is 41.1. The molecule has 1 atom stereocenters. The average molecular weight is 639 g/mol. The van der Waals surface area contributed by atoms with Crippen molar-refractivity contribution in [1.29, 1.82) is 0 Å². The van der Waals surface area contributed by atoms with Crippen molar-refractivity contribution in [2.24, 2.45) is 0 Å². The number of hydrogen-bond donors (Lipinski definition) is 3. The molecule has 44 heavy (non-hydrogen) atoms. The Morgan fingerprint density at radius 1 is 1.16 bits per heavy atom. The zero-order valence-electron chi connectivity index (χ0n) is 24.8. The van der Waals surface area contributed by atoms with Crippen molar-refractivity contribution in [2.45, 2.75) is 56.4 Å². The fourth-order valence-corrected chi connectivity index (χ4v) is 5.04. The Kier molecular flexibility index (Phi) is 10.8. The summed E-state index contributed by atoms with van der Waals surface area (Å²) >= 11 is 0. The van der Waals surface area contributed by atoms with Crippen LogP contribution in [0.1, 0.15) is 33.1 Å². The number of aromatic nitrogens is 2. The van der Waals surface area contributed by atoms with Gasteiger partial charge in [0.1, 0.15) is 6.61 Å². The van der Waals surface area contributed by atoms with Crippen molar-refractivity contribution in [1.82, 2.24) is 19.9 Å². The fourth-order valence-electron chi connectivity index (χ4n) is 4.19. The van der Waals surface area contributed by atoms with Gasteiger partial charge in [-0.05, 0) is 68.4 Å². The Labute approximate surface area is 253 Å². The number of amides is 1. The van der Waals surface area contributed by atoms with Gasteiger partial charge in [-0.3, -0.25) is 14.8 Å². The number of nitrogens with one attached hydrogen (secondary N) is 1. The van der Waals surface area contributed by atoms with E-state index in [0.29, 0.717) is 30.8 Å². The van der Waals surface area contributed by atoms with E-state index in [1.54, 1.807) is 24.5 Å². The molecule has 15 heteroatoms. The minimum absolute atomic E-state index is 0.0185. The van der Waals surface area contributed by atoms with E-state index in [4.69, 9.17) is 15.1 Å². The molecular formula is C29H36F2N4O8S. The van der Waals surface area contributed by atoms with Crippen LogP contribution in [0.2, 0.25) is 0 Å². The zero-order chi connectivity index (χ0) is 32.9. The number of aryl methyl sites for hydroxylation is 1. The Morgan fingerprint density at radius 2 is 1.80 bits per heavy atom. The van der Waals surface area contributed by atoms with Gasteiger partial charge in [-0.2, -0.15) is 8.78 Å². The van der Waals surface area contributed by atoms with Gasteiger partial charge in [-0.1, -0.05) is 6.07 Å². The number of pyridine rings is 2. The van der Waals surface area contributed by atoms with E-state index < -0.39 is 32.4 Å². The molecule has 2 heterocycles. The van der Waals surface area contributed by atoms with Crippen LogP contribution in [0.3, 0.4) is 0 Å². The maximum atomic E-state index is 13.1. The molecule has 1 fully saturated rings. The molecule has 1 aliphatic carbocycles. The van der Waals surface area contributed by atoms with E-state index in [9.17, 15) is 31.6 Å². The number of carbonyl (C=O) groups is 2. The third-order valence-electron chi connectivity index (χ3n) is 7.52. The first-order valence-electron chi connectivity index (χ1n) is 13.7. The number of alkyl halides is 2. The predicted molar refractivity (Wildman–Crippen MR) is 159 cm³/mol.